The van der Waals surface area contributed by atoms with E-state index in [9.17, 15) is 23.3 Å². The number of para-hydroxylation sites is 1. The molecule has 0 spiro atoms. The van der Waals surface area contributed by atoms with E-state index < -0.39 is 32.2 Å². The minimum atomic E-state index is -4.10. The van der Waals surface area contributed by atoms with Gasteiger partial charge in [-0.25, -0.2) is 8.42 Å². The van der Waals surface area contributed by atoms with Gasteiger partial charge in [0.05, 0.1) is 15.4 Å². The summed E-state index contributed by atoms with van der Waals surface area (Å²) in [6.45, 7) is 1.79. The second kappa shape index (κ2) is 6.05. The van der Waals surface area contributed by atoms with E-state index in [1.54, 1.807) is 19.1 Å². The molecule has 0 saturated carbocycles. The molecule has 0 heterocycles. The van der Waals surface area contributed by atoms with Crippen LogP contribution in [0.15, 0.2) is 47.4 Å². The third kappa shape index (κ3) is 3.46. The molecule has 0 fully saturated rings. The lowest BCUT2D eigenvalue weighted by molar-refractivity contribution is -0.383. The maximum atomic E-state index is 12.4. The predicted octanol–water partition coefficient (Wildman–Crippen LogP) is 1.80. The van der Waals surface area contributed by atoms with Crippen molar-refractivity contribution in [2.45, 2.75) is 11.8 Å². The summed E-state index contributed by atoms with van der Waals surface area (Å²) in [4.78, 5) is 21.6. The number of nitrogens with two attached hydrogens (primary N) is 1. The first-order valence-corrected chi connectivity index (χ1v) is 7.87. The number of carbonyl (C=O) groups is 1. The molecular weight excluding hydrogens is 322 g/mol. The standard InChI is InChI=1S/C14H13N3O5S/c1-9-5-7-10(8-6-9)23(21,22)16-13-11(14(15)18)3-2-4-12(13)17(19)20/h2-8,16H,1H3,(H2,15,18). The molecular formula is C14H13N3O5S. The van der Waals surface area contributed by atoms with E-state index in [4.69, 9.17) is 5.73 Å². The van der Waals surface area contributed by atoms with Gasteiger partial charge in [0, 0.05) is 6.07 Å². The molecule has 2 aromatic rings. The second-order valence-electron chi connectivity index (χ2n) is 4.74. The lowest BCUT2D eigenvalue weighted by Crippen LogP contribution is -2.19. The predicted molar refractivity (Wildman–Crippen MR) is 83.6 cm³/mol. The Morgan fingerprint density at radius 2 is 1.78 bits per heavy atom. The lowest BCUT2D eigenvalue weighted by Gasteiger charge is -2.11. The maximum absolute atomic E-state index is 12.4. The van der Waals surface area contributed by atoms with Crippen LogP contribution < -0.4 is 10.5 Å². The topological polar surface area (TPSA) is 132 Å². The Labute approximate surface area is 132 Å². The minimum absolute atomic E-state index is 0.0864. The van der Waals surface area contributed by atoms with Crippen molar-refractivity contribution in [3.05, 3.63) is 63.7 Å². The zero-order valence-electron chi connectivity index (χ0n) is 12.0. The fraction of sp³-hybridized carbons (Fsp3) is 0.0714. The Morgan fingerprint density at radius 1 is 1.17 bits per heavy atom. The Kier molecular flexibility index (Phi) is 4.32. The Bertz CT molecular complexity index is 844. The van der Waals surface area contributed by atoms with Crippen molar-refractivity contribution < 1.29 is 18.1 Å². The smallest absolute Gasteiger partial charge is 0.294 e. The number of hydrogen-bond donors (Lipinski definition) is 2. The molecule has 0 aliphatic rings. The van der Waals surface area contributed by atoms with Gasteiger partial charge in [-0.15, -0.1) is 0 Å². The first-order chi connectivity index (χ1) is 10.7. The number of nitrogens with zero attached hydrogens (tertiary/aromatic N) is 1. The van der Waals surface area contributed by atoms with Crippen molar-refractivity contribution in [2.24, 2.45) is 5.73 Å². The normalized spacial score (nSPS) is 11.0. The van der Waals surface area contributed by atoms with Crippen LogP contribution in [0.5, 0.6) is 0 Å². The van der Waals surface area contributed by atoms with Gasteiger partial charge in [0.25, 0.3) is 21.6 Å². The van der Waals surface area contributed by atoms with Crippen molar-refractivity contribution in [2.75, 3.05) is 4.72 Å². The highest BCUT2D eigenvalue weighted by Gasteiger charge is 2.25. The van der Waals surface area contributed by atoms with Gasteiger partial charge in [-0.05, 0) is 25.1 Å². The monoisotopic (exact) mass is 335 g/mol. The molecule has 120 valence electrons. The number of amides is 1. The molecule has 0 unspecified atom stereocenters. The largest absolute Gasteiger partial charge is 0.366 e. The van der Waals surface area contributed by atoms with E-state index in [2.05, 4.69) is 4.72 Å². The minimum Gasteiger partial charge on any atom is -0.366 e. The molecule has 0 atom stereocenters. The summed E-state index contributed by atoms with van der Waals surface area (Å²) >= 11 is 0. The fourth-order valence-corrected chi connectivity index (χ4v) is 3.01. The summed E-state index contributed by atoms with van der Waals surface area (Å²) in [7, 11) is -4.10. The lowest BCUT2D eigenvalue weighted by atomic mass is 10.1. The zero-order valence-corrected chi connectivity index (χ0v) is 12.8. The van der Waals surface area contributed by atoms with Crippen LogP contribution in [0.3, 0.4) is 0 Å². The van der Waals surface area contributed by atoms with Gasteiger partial charge in [0.1, 0.15) is 5.69 Å². The van der Waals surface area contributed by atoms with Crippen molar-refractivity contribution in [3.63, 3.8) is 0 Å². The molecule has 8 nitrogen and oxygen atoms in total. The van der Waals surface area contributed by atoms with E-state index in [1.807, 2.05) is 0 Å². The van der Waals surface area contributed by atoms with Crippen LogP contribution in [0.4, 0.5) is 11.4 Å². The van der Waals surface area contributed by atoms with E-state index >= 15 is 0 Å². The van der Waals surface area contributed by atoms with Crippen LogP contribution >= 0.6 is 0 Å². The van der Waals surface area contributed by atoms with E-state index in [1.165, 1.54) is 24.3 Å². The third-order valence-corrected chi connectivity index (χ3v) is 4.44. The highest BCUT2D eigenvalue weighted by molar-refractivity contribution is 7.92. The third-order valence-electron chi connectivity index (χ3n) is 3.07. The molecule has 0 aromatic heterocycles. The summed E-state index contributed by atoms with van der Waals surface area (Å²) in [5, 5.41) is 11.1. The van der Waals surface area contributed by atoms with Crippen molar-refractivity contribution in [3.8, 4) is 0 Å². The summed E-state index contributed by atoms with van der Waals surface area (Å²) < 4.78 is 26.8. The van der Waals surface area contributed by atoms with Gasteiger partial charge in [0.15, 0.2) is 0 Å². The Morgan fingerprint density at radius 3 is 2.30 bits per heavy atom. The molecule has 2 rings (SSSR count). The summed E-state index contributed by atoms with van der Waals surface area (Å²) in [6.07, 6.45) is 0. The molecule has 23 heavy (non-hydrogen) atoms. The number of nitro benzene ring substituents is 1. The number of primary amides is 1. The number of anilines is 1. The molecule has 9 heteroatoms. The molecule has 3 N–H and O–H groups in total. The number of benzene rings is 2. The number of rotatable bonds is 5. The van der Waals surface area contributed by atoms with E-state index in [0.717, 1.165) is 11.6 Å². The molecule has 0 aliphatic heterocycles. The first-order valence-electron chi connectivity index (χ1n) is 6.39. The van der Waals surface area contributed by atoms with Crippen molar-refractivity contribution in [1.29, 1.82) is 0 Å². The SMILES string of the molecule is Cc1ccc(S(=O)(=O)Nc2c(C(N)=O)cccc2[N+](=O)[O-])cc1. The Hall–Kier alpha value is -2.94. The van der Waals surface area contributed by atoms with Gasteiger partial charge in [-0.2, -0.15) is 0 Å². The number of hydrogen-bond acceptors (Lipinski definition) is 5. The second-order valence-corrected chi connectivity index (χ2v) is 6.42. The highest BCUT2D eigenvalue weighted by atomic mass is 32.2. The summed E-state index contributed by atoms with van der Waals surface area (Å²) in [6, 6.07) is 9.43. The van der Waals surface area contributed by atoms with Crippen molar-refractivity contribution >= 4 is 27.3 Å². The zero-order chi connectivity index (χ0) is 17.2. The maximum Gasteiger partial charge on any atom is 0.294 e. The highest BCUT2D eigenvalue weighted by Crippen LogP contribution is 2.30. The number of nitro groups is 1. The van der Waals surface area contributed by atoms with Crippen molar-refractivity contribution in [1.82, 2.24) is 0 Å². The van der Waals surface area contributed by atoms with Crippen LogP contribution in [-0.4, -0.2) is 19.2 Å². The van der Waals surface area contributed by atoms with Gasteiger partial charge in [-0.3, -0.25) is 19.6 Å². The average Bonchev–Trinajstić information content (AvgIpc) is 2.47. The van der Waals surface area contributed by atoms with Crippen LogP contribution in [0.25, 0.3) is 0 Å². The number of sulfonamides is 1. The average molecular weight is 335 g/mol. The molecule has 0 bridgehead atoms. The van der Waals surface area contributed by atoms with Gasteiger partial charge >= 0.3 is 0 Å². The fourth-order valence-electron chi connectivity index (χ4n) is 1.92. The summed E-state index contributed by atoms with van der Waals surface area (Å²) in [5.41, 5.74) is 4.72. The first kappa shape index (κ1) is 16.4. The molecule has 0 radical (unpaired) electrons. The number of aryl methyl sites for hydroxylation is 1. The molecule has 0 saturated heterocycles. The van der Waals surface area contributed by atoms with E-state index in [-0.39, 0.29) is 10.5 Å². The van der Waals surface area contributed by atoms with Crippen LogP contribution in [0, 0.1) is 17.0 Å². The number of carbonyl (C=O) groups excluding carboxylic acids is 1. The van der Waals surface area contributed by atoms with Gasteiger partial charge in [-0.1, -0.05) is 23.8 Å². The molecule has 2 aromatic carbocycles. The quantitative estimate of drug-likeness (QED) is 0.635. The van der Waals surface area contributed by atoms with Crippen LogP contribution in [0.1, 0.15) is 15.9 Å². The van der Waals surface area contributed by atoms with Gasteiger partial charge in [0.2, 0.25) is 0 Å². The van der Waals surface area contributed by atoms with E-state index in [0.29, 0.717) is 0 Å². The number of nitrogens with one attached hydrogen (secondary N) is 1. The van der Waals surface area contributed by atoms with Gasteiger partial charge < -0.3 is 5.73 Å². The molecule has 0 aliphatic carbocycles. The molecule has 1 amide bonds. The summed E-state index contributed by atoms with van der Waals surface area (Å²) in [5.74, 6) is -0.977. The van der Waals surface area contributed by atoms with Crippen LogP contribution in [-0.2, 0) is 10.0 Å². The van der Waals surface area contributed by atoms with Crippen LogP contribution in [0.2, 0.25) is 0 Å². The Balaban J connectivity index is 2.56.